The molecule has 1 aromatic carbocycles. The van der Waals surface area contributed by atoms with E-state index in [4.69, 9.17) is 4.42 Å². The summed E-state index contributed by atoms with van der Waals surface area (Å²) in [6, 6.07) is 5.16. The molecular weight excluding hydrogens is 468 g/mol. The number of fused-ring (bicyclic) bond motifs is 1. The number of likely N-dealkylation sites (tertiary alicyclic amines) is 1. The number of aryl methyl sites for hydroxylation is 1. The van der Waals surface area contributed by atoms with E-state index in [-0.39, 0.29) is 41.3 Å². The molecule has 3 aliphatic carbocycles. The van der Waals surface area contributed by atoms with Crippen LogP contribution in [0.3, 0.4) is 0 Å². The number of furan rings is 1. The quantitative estimate of drug-likeness (QED) is 0.504. The lowest BCUT2D eigenvalue weighted by molar-refractivity contribution is -0.169. The molecule has 2 aromatic rings. The largest absolute Gasteiger partial charge is 0.504 e. The fourth-order valence-electron chi connectivity index (χ4n) is 7.77. The first-order valence-corrected chi connectivity index (χ1v) is 13.9. The van der Waals surface area contributed by atoms with Gasteiger partial charge < -0.3 is 24.6 Å². The number of benzene rings is 1. The number of aliphatic hydroxyl groups is 1. The number of hydrogen-bond acceptors (Lipinski definition) is 6. The molecular formula is C30H40N2O5. The zero-order chi connectivity index (χ0) is 26.1. The van der Waals surface area contributed by atoms with Crippen molar-refractivity contribution in [2.45, 2.75) is 87.8 Å². The monoisotopic (exact) mass is 508 g/mol. The van der Waals surface area contributed by atoms with E-state index in [0.717, 1.165) is 36.6 Å². The second-order valence-electron chi connectivity index (χ2n) is 12.3. The SMILES string of the molecule is Cc1ccc(O)c(O)c1C12CCN(CC3CC3)C(C)C1(O)CCC(N(C)C(=O)C1CC1c1ccoc1)C2. The number of aromatic hydroxyl groups is 2. The number of rotatable bonds is 6. The van der Waals surface area contributed by atoms with Crippen LogP contribution in [0.15, 0.2) is 35.1 Å². The fourth-order valence-corrected chi connectivity index (χ4v) is 7.77. The van der Waals surface area contributed by atoms with Crippen molar-refractivity contribution < 1.29 is 24.5 Å². The Morgan fingerprint density at radius 3 is 2.68 bits per heavy atom. The first-order valence-electron chi connectivity index (χ1n) is 13.9. The molecule has 200 valence electrons. The number of phenols is 2. The highest BCUT2D eigenvalue weighted by atomic mass is 16.3. The van der Waals surface area contributed by atoms with E-state index in [2.05, 4.69) is 11.8 Å². The van der Waals surface area contributed by atoms with Crippen molar-refractivity contribution in [2.75, 3.05) is 20.1 Å². The van der Waals surface area contributed by atoms with E-state index in [0.29, 0.717) is 31.2 Å². The van der Waals surface area contributed by atoms with Gasteiger partial charge in [-0.3, -0.25) is 9.69 Å². The normalized spacial score (nSPS) is 35.7. The maximum Gasteiger partial charge on any atom is 0.226 e. The Morgan fingerprint density at radius 1 is 1.19 bits per heavy atom. The van der Waals surface area contributed by atoms with Crippen molar-refractivity contribution in [3.63, 3.8) is 0 Å². The summed E-state index contributed by atoms with van der Waals surface area (Å²) in [5, 5.41) is 34.3. The van der Waals surface area contributed by atoms with Crippen molar-refractivity contribution in [3.8, 4) is 11.5 Å². The molecule has 4 aliphatic rings. The average molecular weight is 509 g/mol. The van der Waals surface area contributed by atoms with Gasteiger partial charge in [-0.1, -0.05) is 6.07 Å². The van der Waals surface area contributed by atoms with Gasteiger partial charge in [0.25, 0.3) is 0 Å². The molecule has 4 fully saturated rings. The summed E-state index contributed by atoms with van der Waals surface area (Å²) >= 11 is 0. The highest BCUT2D eigenvalue weighted by Crippen LogP contribution is 2.59. The number of carbonyl (C=O) groups is 1. The van der Waals surface area contributed by atoms with Gasteiger partial charge in [-0.2, -0.15) is 0 Å². The van der Waals surface area contributed by atoms with Crippen LogP contribution in [0.2, 0.25) is 0 Å². The highest BCUT2D eigenvalue weighted by molar-refractivity contribution is 5.83. The molecule has 37 heavy (non-hydrogen) atoms. The van der Waals surface area contributed by atoms with Gasteiger partial charge >= 0.3 is 0 Å². The Balaban J connectivity index is 1.33. The van der Waals surface area contributed by atoms with Crippen LogP contribution in [-0.2, 0) is 10.2 Å². The Hall–Kier alpha value is -2.51. The zero-order valence-corrected chi connectivity index (χ0v) is 22.2. The smallest absolute Gasteiger partial charge is 0.226 e. The molecule has 0 radical (unpaired) electrons. The van der Waals surface area contributed by atoms with Crippen LogP contribution in [0.1, 0.15) is 74.5 Å². The molecule has 1 saturated heterocycles. The van der Waals surface area contributed by atoms with E-state index in [1.54, 1.807) is 12.5 Å². The topological polar surface area (TPSA) is 97.4 Å². The third kappa shape index (κ3) is 3.88. The highest BCUT2D eigenvalue weighted by Gasteiger charge is 2.63. The Morgan fingerprint density at radius 2 is 1.97 bits per heavy atom. The van der Waals surface area contributed by atoms with Crippen LogP contribution in [0.5, 0.6) is 11.5 Å². The van der Waals surface area contributed by atoms with Gasteiger partial charge in [0.2, 0.25) is 5.91 Å². The Kier molecular flexibility index (Phi) is 5.88. The standard InChI is InChI=1S/C30H40N2O5/c1-18-4-7-25(33)27(34)26(18)29-11-12-32(16-20-5-6-20)19(2)30(29,36)10-8-22(15-29)31(3)28(35)24-14-23(24)21-9-13-37-17-21/h4,7,9,13,17,19-20,22-24,33-34,36H,5-6,8,10-12,14-16H2,1-3H3. The summed E-state index contributed by atoms with van der Waals surface area (Å²) in [7, 11) is 1.90. The van der Waals surface area contributed by atoms with Crippen LogP contribution in [0.25, 0.3) is 0 Å². The molecule has 7 heteroatoms. The lowest BCUT2D eigenvalue weighted by atomic mass is 9.52. The number of amides is 1. The maximum absolute atomic E-state index is 13.6. The maximum atomic E-state index is 13.6. The molecule has 1 aliphatic heterocycles. The molecule has 0 bridgehead atoms. The second-order valence-corrected chi connectivity index (χ2v) is 12.3. The number of nitrogens with zero attached hydrogens (tertiary/aromatic N) is 2. The third-order valence-corrected chi connectivity index (χ3v) is 10.3. The van der Waals surface area contributed by atoms with Gasteiger partial charge in [0.15, 0.2) is 11.5 Å². The second kappa shape index (κ2) is 8.77. The minimum Gasteiger partial charge on any atom is -0.504 e. The van der Waals surface area contributed by atoms with Gasteiger partial charge in [-0.15, -0.1) is 0 Å². The third-order valence-electron chi connectivity index (χ3n) is 10.3. The molecule has 3 saturated carbocycles. The van der Waals surface area contributed by atoms with Gasteiger partial charge in [-0.25, -0.2) is 0 Å². The van der Waals surface area contributed by atoms with Crippen molar-refractivity contribution in [1.82, 2.24) is 9.80 Å². The summed E-state index contributed by atoms with van der Waals surface area (Å²) in [5.41, 5.74) is 0.771. The number of piperidine rings is 1. The van der Waals surface area contributed by atoms with Gasteiger partial charge in [0, 0.05) is 42.6 Å². The van der Waals surface area contributed by atoms with Gasteiger partial charge in [0.1, 0.15) is 0 Å². The zero-order valence-electron chi connectivity index (χ0n) is 22.2. The summed E-state index contributed by atoms with van der Waals surface area (Å²) in [4.78, 5) is 17.9. The van der Waals surface area contributed by atoms with Gasteiger partial charge in [-0.05, 0) is 100 Å². The van der Waals surface area contributed by atoms with Crippen molar-refractivity contribution in [2.24, 2.45) is 11.8 Å². The van der Waals surface area contributed by atoms with Crippen LogP contribution >= 0.6 is 0 Å². The first-order chi connectivity index (χ1) is 17.7. The predicted molar refractivity (Wildman–Crippen MR) is 139 cm³/mol. The predicted octanol–water partition coefficient (Wildman–Crippen LogP) is 4.29. The van der Waals surface area contributed by atoms with Crippen LogP contribution in [-0.4, -0.2) is 68.8 Å². The molecule has 7 nitrogen and oxygen atoms in total. The Labute approximate surface area is 219 Å². The van der Waals surface area contributed by atoms with Crippen molar-refractivity contribution in [3.05, 3.63) is 47.4 Å². The number of hydrogen-bond donors (Lipinski definition) is 3. The van der Waals surface area contributed by atoms with Crippen LogP contribution < -0.4 is 0 Å². The Bertz CT molecular complexity index is 1180. The minimum absolute atomic E-state index is 0.0328. The first kappa shape index (κ1) is 24.8. The lowest BCUT2D eigenvalue weighted by Gasteiger charge is -2.62. The molecule has 6 rings (SSSR count). The van der Waals surface area contributed by atoms with Crippen molar-refractivity contribution in [1.29, 1.82) is 0 Å². The summed E-state index contributed by atoms with van der Waals surface area (Å²) < 4.78 is 5.23. The van der Waals surface area contributed by atoms with E-state index in [1.807, 2.05) is 31.0 Å². The van der Waals surface area contributed by atoms with Gasteiger partial charge in [0.05, 0.1) is 18.1 Å². The number of carbonyl (C=O) groups excluding carboxylic acids is 1. The van der Waals surface area contributed by atoms with E-state index < -0.39 is 11.0 Å². The summed E-state index contributed by atoms with van der Waals surface area (Å²) in [6.45, 7) is 5.90. The van der Waals surface area contributed by atoms with Crippen molar-refractivity contribution >= 4 is 5.91 Å². The molecule has 6 atom stereocenters. The van der Waals surface area contributed by atoms with E-state index in [1.165, 1.54) is 18.9 Å². The summed E-state index contributed by atoms with van der Waals surface area (Å²) in [6.07, 6.45) is 9.25. The molecule has 3 N–H and O–H groups in total. The molecule has 1 amide bonds. The molecule has 1 aromatic heterocycles. The summed E-state index contributed by atoms with van der Waals surface area (Å²) in [5.74, 6) is 0.765. The van der Waals surface area contributed by atoms with Crippen LogP contribution in [0.4, 0.5) is 0 Å². The lowest BCUT2D eigenvalue weighted by Crippen LogP contribution is -2.71. The molecule has 6 unspecified atom stereocenters. The van der Waals surface area contributed by atoms with E-state index >= 15 is 0 Å². The number of phenolic OH excluding ortho intramolecular Hbond substituents is 2. The fraction of sp³-hybridized carbons (Fsp3) is 0.633. The van der Waals surface area contributed by atoms with Crippen LogP contribution in [0, 0.1) is 18.8 Å². The molecule has 2 heterocycles. The van der Waals surface area contributed by atoms with E-state index in [9.17, 15) is 20.1 Å². The average Bonchev–Trinajstić information content (AvgIpc) is 3.81. The minimum atomic E-state index is -1.07. The molecule has 0 spiro atoms.